The van der Waals surface area contributed by atoms with Gasteiger partial charge in [-0.1, -0.05) is 0 Å². The second-order valence-corrected chi connectivity index (χ2v) is 5.99. The van der Waals surface area contributed by atoms with E-state index in [1.165, 1.54) is 39.0 Å². The van der Waals surface area contributed by atoms with Gasteiger partial charge in [-0.3, -0.25) is 14.4 Å². The van der Waals surface area contributed by atoms with E-state index in [2.05, 4.69) is 16.0 Å². The van der Waals surface area contributed by atoms with Crippen molar-refractivity contribution < 1.29 is 23.9 Å². The summed E-state index contributed by atoms with van der Waals surface area (Å²) in [7, 11) is 0. The van der Waals surface area contributed by atoms with Gasteiger partial charge < -0.3 is 20.7 Å². The topological polar surface area (TPSA) is 114 Å². The molecule has 1 saturated carbocycles. The molecule has 3 amide bonds. The number of benzene rings is 1. The van der Waals surface area contributed by atoms with Crippen LogP contribution in [0.25, 0.3) is 0 Å². The van der Waals surface area contributed by atoms with Gasteiger partial charge >= 0.3 is 5.97 Å². The zero-order valence-corrected chi connectivity index (χ0v) is 14.3. The minimum absolute atomic E-state index is 0.112. The first-order valence-electron chi connectivity index (χ1n) is 7.96. The molecule has 1 aliphatic rings. The predicted octanol–water partition coefficient (Wildman–Crippen LogP) is 1.43. The molecular weight excluding hydrogens is 326 g/mol. The number of nitrogens with one attached hydrogen (secondary N) is 3. The number of rotatable bonds is 6. The number of hydrogen-bond acceptors (Lipinski definition) is 5. The van der Waals surface area contributed by atoms with Gasteiger partial charge in [-0.05, 0) is 38.0 Å². The summed E-state index contributed by atoms with van der Waals surface area (Å²) in [6.07, 6.45) is 0.929. The van der Waals surface area contributed by atoms with Gasteiger partial charge in [0.15, 0.2) is 6.10 Å². The van der Waals surface area contributed by atoms with E-state index in [4.69, 9.17) is 4.74 Å². The first-order valence-corrected chi connectivity index (χ1v) is 7.96. The Balaban J connectivity index is 2.13. The third kappa shape index (κ3) is 5.91. The Morgan fingerprint density at radius 2 is 1.52 bits per heavy atom. The van der Waals surface area contributed by atoms with E-state index in [1.54, 1.807) is 0 Å². The van der Waals surface area contributed by atoms with Crippen LogP contribution in [0, 0.1) is 0 Å². The van der Waals surface area contributed by atoms with Gasteiger partial charge in [-0.15, -0.1) is 0 Å². The van der Waals surface area contributed by atoms with Crippen molar-refractivity contribution in [3.8, 4) is 0 Å². The lowest BCUT2D eigenvalue weighted by Crippen LogP contribution is -2.37. The molecule has 1 aliphatic carbocycles. The predicted molar refractivity (Wildman–Crippen MR) is 91.1 cm³/mol. The van der Waals surface area contributed by atoms with E-state index >= 15 is 0 Å². The third-order valence-electron chi connectivity index (χ3n) is 3.39. The maximum Gasteiger partial charge on any atom is 0.339 e. The van der Waals surface area contributed by atoms with E-state index in [1.807, 2.05) is 0 Å². The van der Waals surface area contributed by atoms with Crippen molar-refractivity contribution >= 4 is 35.1 Å². The molecule has 1 aromatic carbocycles. The number of esters is 1. The number of hydrogen-bond donors (Lipinski definition) is 3. The first kappa shape index (κ1) is 18.4. The maximum absolute atomic E-state index is 12.3. The summed E-state index contributed by atoms with van der Waals surface area (Å²) in [6, 6.07) is 4.52. The molecule has 0 bridgehead atoms. The summed E-state index contributed by atoms with van der Waals surface area (Å²) in [4.78, 5) is 46.7. The number of carbonyl (C=O) groups excluding carboxylic acids is 4. The van der Waals surface area contributed by atoms with Crippen molar-refractivity contribution in [3.05, 3.63) is 23.8 Å². The fraction of sp³-hybridized carbons (Fsp3) is 0.412. The molecule has 134 valence electrons. The molecule has 1 atom stereocenters. The highest BCUT2D eigenvalue weighted by Crippen LogP contribution is 2.21. The van der Waals surface area contributed by atoms with Gasteiger partial charge in [-0.25, -0.2) is 4.79 Å². The lowest BCUT2D eigenvalue weighted by Gasteiger charge is -2.14. The van der Waals surface area contributed by atoms with Crippen LogP contribution in [0.3, 0.4) is 0 Å². The lowest BCUT2D eigenvalue weighted by molar-refractivity contribution is -0.129. The molecule has 3 N–H and O–H groups in total. The average molecular weight is 347 g/mol. The molecule has 0 saturated heterocycles. The van der Waals surface area contributed by atoms with Crippen LogP contribution < -0.4 is 16.0 Å². The number of carbonyl (C=O) groups is 4. The number of ether oxygens (including phenoxy) is 1. The first-order chi connectivity index (χ1) is 11.7. The van der Waals surface area contributed by atoms with Gasteiger partial charge in [0.05, 0.1) is 5.56 Å². The molecule has 0 aliphatic heterocycles. The second-order valence-electron chi connectivity index (χ2n) is 5.99. The van der Waals surface area contributed by atoms with Crippen molar-refractivity contribution in [1.29, 1.82) is 0 Å². The fourth-order valence-electron chi connectivity index (χ4n) is 2.12. The van der Waals surface area contributed by atoms with Crippen molar-refractivity contribution in [3.63, 3.8) is 0 Å². The van der Waals surface area contributed by atoms with Crippen LogP contribution in [-0.4, -0.2) is 35.8 Å². The Hall–Kier alpha value is -2.90. The molecule has 0 radical (unpaired) electrons. The van der Waals surface area contributed by atoms with E-state index in [0.29, 0.717) is 11.4 Å². The normalized spacial score (nSPS) is 14.2. The maximum atomic E-state index is 12.3. The van der Waals surface area contributed by atoms with Crippen LogP contribution in [-0.2, 0) is 19.1 Å². The molecule has 0 heterocycles. The smallest absolute Gasteiger partial charge is 0.339 e. The average Bonchev–Trinajstić information content (AvgIpc) is 3.29. The summed E-state index contributed by atoms with van der Waals surface area (Å²) in [5.41, 5.74) is 0.780. The van der Waals surface area contributed by atoms with Crippen LogP contribution in [0.1, 0.15) is 44.0 Å². The highest BCUT2D eigenvalue weighted by Gasteiger charge is 2.27. The largest absolute Gasteiger partial charge is 0.449 e. The summed E-state index contributed by atoms with van der Waals surface area (Å²) in [6.45, 7) is 4.14. The number of anilines is 2. The van der Waals surface area contributed by atoms with Gasteiger partial charge in [0.1, 0.15) is 0 Å². The fourth-order valence-corrected chi connectivity index (χ4v) is 2.12. The van der Waals surface area contributed by atoms with Gasteiger partial charge in [-0.2, -0.15) is 0 Å². The Morgan fingerprint density at radius 1 is 1.00 bits per heavy atom. The van der Waals surface area contributed by atoms with Crippen molar-refractivity contribution in [2.75, 3.05) is 10.6 Å². The van der Waals surface area contributed by atoms with Crippen LogP contribution >= 0.6 is 0 Å². The Bertz CT molecular complexity index is 678. The molecule has 25 heavy (non-hydrogen) atoms. The molecule has 0 aromatic heterocycles. The number of amides is 3. The molecule has 8 heteroatoms. The van der Waals surface area contributed by atoms with E-state index in [0.717, 1.165) is 12.8 Å². The monoisotopic (exact) mass is 347 g/mol. The Labute approximate surface area is 145 Å². The zero-order chi connectivity index (χ0) is 18.6. The second kappa shape index (κ2) is 7.78. The molecule has 2 rings (SSSR count). The standard InChI is InChI=1S/C17H21N3O5/c1-9(16(23)20-13-4-5-13)25-17(24)12-6-14(18-10(2)21)8-15(7-12)19-11(3)22/h6-9,13H,4-5H2,1-3H3,(H,18,21)(H,19,22)(H,20,23). The minimum Gasteiger partial charge on any atom is -0.449 e. The van der Waals surface area contributed by atoms with Crippen LogP contribution in [0.15, 0.2) is 18.2 Å². The van der Waals surface area contributed by atoms with Crippen LogP contribution in [0.4, 0.5) is 11.4 Å². The summed E-state index contributed by atoms with van der Waals surface area (Å²) < 4.78 is 5.17. The summed E-state index contributed by atoms with van der Waals surface area (Å²) in [5, 5.41) is 7.85. The minimum atomic E-state index is -0.943. The summed E-state index contributed by atoms with van der Waals surface area (Å²) in [5.74, 6) is -1.72. The molecular formula is C17H21N3O5. The SMILES string of the molecule is CC(=O)Nc1cc(NC(C)=O)cc(C(=O)OC(C)C(=O)NC2CC2)c1. The van der Waals surface area contributed by atoms with Crippen molar-refractivity contribution in [2.24, 2.45) is 0 Å². The Morgan fingerprint density at radius 3 is 1.96 bits per heavy atom. The third-order valence-corrected chi connectivity index (χ3v) is 3.39. The van der Waals surface area contributed by atoms with Crippen molar-refractivity contribution in [2.45, 2.75) is 45.8 Å². The lowest BCUT2D eigenvalue weighted by atomic mass is 10.1. The highest BCUT2D eigenvalue weighted by molar-refractivity contribution is 5.98. The van der Waals surface area contributed by atoms with E-state index in [9.17, 15) is 19.2 Å². The van der Waals surface area contributed by atoms with E-state index < -0.39 is 12.1 Å². The molecule has 1 aromatic rings. The molecule has 1 unspecified atom stereocenters. The molecule has 0 spiro atoms. The van der Waals surface area contributed by atoms with Gasteiger partial charge in [0.2, 0.25) is 11.8 Å². The zero-order valence-electron chi connectivity index (χ0n) is 14.3. The Kier molecular flexibility index (Phi) is 5.74. The molecule has 8 nitrogen and oxygen atoms in total. The molecule has 1 fully saturated rings. The van der Waals surface area contributed by atoms with E-state index in [-0.39, 0.29) is 29.3 Å². The van der Waals surface area contributed by atoms with Crippen molar-refractivity contribution in [1.82, 2.24) is 5.32 Å². The highest BCUT2D eigenvalue weighted by atomic mass is 16.5. The summed E-state index contributed by atoms with van der Waals surface area (Å²) >= 11 is 0. The van der Waals surface area contributed by atoms with Gasteiger partial charge in [0, 0.05) is 31.3 Å². The van der Waals surface area contributed by atoms with Crippen LogP contribution in [0.5, 0.6) is 0 Å². The quantitative estimate of drug-likeness (QED) is 0.674. The van der Waals surface area contributed by atoms with Gasteiger partial charge in [0.25, 0.3) is 5.91 Å². The van der Waals surface area contributed by atoms with Crippen LogP contribution in [0.2, 0.25) is 0 Å².